The maximum Gasteiger partial charge on any atom is 0.273 e. The van der Waals surface area contributed by atoms with Crippen molar-refractivity contribution in [3.8, 4) is 0 Å². The van der Waals surface area contributed by atoms with Crippen molar-refractivity contribution in [1.82, 2.24) is 0 Å². The molecule has 3 nitrogen and oxygen atoms in total. The second-order valence-corrected chi connectivity index (χ2v) is 6.13. The molecule has 0 aliphatic heterocycles. The van der Waals surface area contributed by atoms with Crippen LogP contribution in [0.3, 0.4) is 0 Å². The van der Waals surface area contributed by atoms with Crippen LogP contribution in [0.1, 0.15) is 16.0 Å². The van der Waals surface area contributed by atoms with Crippen LogP contribution < -0.4 is 0 Å². The first-order chi connectivity index (χ1) is 9.08. The van der Waals surface area contributed by atoms with Gasteiger partial charge in [0.25, 0.3) is 5.69 Å². The quantitative estimate of drug-likeness (QED) is 0.421. The summed E-state index contributed by atoms with van der Waals surface area (Å²) in [5.41, 5.74) is 1.98. The molecule has 0 fully saturated rings. The van der Waals surface area contributed by atoms with Gasteiger partial charge in [0.05, 0.1) is 4.92 Å². The summed E-state index contributed by atoms with van der Waals surface area (Å²) in [4.78, 5) is 10.8. The fourth-order valence-electron chi connectivity index (χ4n) is 1.85. The molecule has 2 aromatic rings. The second kappa shape index (κ2) is 6.30. The van der Waals surface area contributed by atoms with Gasteiger partial charge < -0.3 is 0 Å². The molecule has 1 atom stereocenters. The maximum atomic E-state index is 11.1. The van der Waals surface area contributed by atoms with Crippen LogP contribution in [0.15, 0.2) is 53.0 Å². The van der Waals surface area contributed by atoms with Gasteiger partial charge in [-0.3, -0.25) is 10.1 Å². The normalized spacial score (nSPS) is 12.1. The average molecular weight is 385 g/mol. The third kappa shape index (κ3) is 3.64. The van der Waals surface area contributed by atoms with E-state index in [0.717, 1.165) is 11.1 Å². The highest BCUT2D eigenvalue weighted by Crippen LogP contribution is 2.32. The Morgan fingerprint density at radius 1 is 1.16 bits per heavy atom. The van der Waals surface area contributed by atoms with Crippen LogP contribution in [0.4, 0.5) is 5.69 Å². The Morgan fingerprint density at radius 3 is 2.47 bits per heavy atom. The molecule has 2 rings (SSSR count). The van der Waals surface area contributed by atoms with Gasteiger partial charge in [0.1, 0.15) is 0 Å². The summed E-state index contributed by atoms with van der Waals surface area (Å²) >= 11 is 6.85. The average Bonchev–Trinajstić information content (AvgIpc) is 2.41. The van der Waals surface area contributed by atoms with Crippen LogP contribution in [-0.2, 0) is 6.42 Å². The summed E-state index contributed by atoms with van der Waals surface area (Å²) < 4.78 is 0.716. The lowest BCUT2D eigenvalue weighted by Crippen LogP contribution is -2.00. The predicted molar refractivity (Wildman–Crippen MR) is 82.6 cm³/mol. The third-order valence-electron chi connectivity index (χ3n) is 2.80. The smallest absolute Gasteiger partial charge is 0.258 e. The highest BCUT2D eigenvalue weighted by Gasteiger charge is 2.17. The van der Waals surface area contributed by atoms with Crippen molar-refractivity contribution >= 4 is 37.5 Å². The standard InChI is InChI=1S/C14H11Br2NO2/c15-12-7-6-11(14(9-12)17(18)19)8-13(16)10-4-2-1-3-5-10/h1-7,9,13H,8H2. The number of rotatable bonds is 4. The molecule has 5 heteroatoms. The molecule has 98 valence electrons. The molecule has 0 amide bonds. The molecule has 0 saturated carbocycles. The van der Waals surface area contributed by atoms with E-state index in [1.165, 1.54) is 0 Å². The van der Waals surface area contributed by atoms with Gasteiger partial charge in [-0.25, -0.2) is 0 Å². The summed E-state index contributed by atoms with van der Waals surface area (Å²) in [6, 6.07) is 15.0. The van der Waals surface area contributed by atoms with Crippen molar-refractivity contribution in [3.05, 3.63) is 74.2 Å². The molecule has 0 saturated heterocycles. The van der Waals surface area contributed by atoms with Crippen LogP contribution in [0.25, 0.3) is 0 Å². The van der Waals surface area contributed by atoms with Crippen molar-refractivity contribution in [2.45, 2.75) is 11.2 Å². The molecular weight excluding hydrogens is 374 g/mol. The van der Waals surface area contributed by atoms with E-state index < -0.39 is 0 Å². The van der Waals surface area contributed by atoms with Crippen LogP contribution in [0.5, 0.6) is 0 Å². The third-order valence-corrected chi connectivity index (χ3v) is 4.15. The predicted octanol–water partition coefficient (Wildman–Crippen LogP) is 5.04. The Kier molecular flexibility index (Phi) is 4.71. The SMILES string of the molecule is O=[N+]([O-])c1cc(Br)ccc1CC(Br)c1ccccc1. The zero-order valence-corrected chi connectivity index (χ0v) is 13.1. The number of benzene rings is 2. The van der Waals surface area contributed by atoms with Gasteiger partial charge >= 0.3 is 0 Å². The van der Waals surface area contributed by atoms with E-state index in [1.54, 1.807) is 12.1 Å². The molecule has 19 heavy (non-hydrogen) atoms. The summed E-state index contributed by atoms with van der Waals surface area (Å²) in [6.07, 6.45) is 0.577. The van der Waals surface area contributed by atoms with E-state index in [0.29, 0.717) is 10.9 Å². The first kappa shape index (κ1) is 14.2. The molecular formula is C14H11Br2NO2. The minimum absolute atomic E-state index is 0.0635. The second-order valence-electron chi connectivity index (χ2n) is 4.11. The van der Waals surface area contributed by atoms with Crippen molar-refractivity contribution in [3.63, 3.8) is 0 Å². The Morgan fingerprint density at radius 2 is 1.84 bits per heavy atom. The number of halogens is 2. The van der Waals surface area contributed by atoms with Gasteiger partial charge in [0, 0.05) is 20.9 Å². The van der Waals surface area contributed by atoms with Crippen LogP contribution in [0, 0.1) is 10.1 Å². The van der Waals surface area contributed by atoms with Gasteiger partial charge in [-0.15, -0.1) is 0 Å². The molecule has 0 aliphatic rings. The number of alkyl halides is 1. The van der Waals surface area contributed by atoms with E-state index >= 15 is 0 Å². The molecule has 2 aromatic carbocycles. The highest BCUT2D eigenvalue weighted by molar-refractivity contribution is 9.10. The van der Waals surface area contributed by atoms with Gasteiger partial charge in [0.2, 0.25) is 0 Å². The van der Waals surface area contributed by atoms with E-state index in [-0.39, 0.29) is 15.4 Å². The maximum absolute atomic E-state index is 11.1. The van der Waals surface area contributed by atoms with Crippen LogP contribution in [-0.4, -0.2) is 4.92 Å². The Bertz CT molecular complexity index is 587. The minimum Gasteiger partial charge on any atom is -0.258 e. The van der Waals surface area contributed by atoms with Crippen molar-refractivity contribution in [2.75, 3.05) is 0 Å². The number of nitro benzene ring substituents is 1. The fraction of sp³-hybridized carbons (Fsp3) is 0.143. The molecule has 0 aliphatic carbocycles. The summed E-state index contributed by atoms with van der Waals surface area (Å²) in [5.74, 6) is 0. The van der Waals surface area contributed by atoms with Crippen molar-refractivity contribution in [1.29, 1.82) is 0 Å². The Labute approximate surface area is 128 Å². The minimum atomic E-state index is -0.342. The van der Waals surface area contributed by atoms with E-state index in [2.05, 4.69) is 31.9 Å². The first-order valence-corrected chi connectivity index (χ1v) is 7.40. The molecule has 0 bridgehead atoms. The Balaban J connectivity index is 2.26. The number of nitrogens with zero attached hydrogens (tertiary/aromatic N) is 1. The molecule has 0 radical (unpaired) electrons. The first-order valence-electron chi connectivity index (χ1n) is 5.70. The summed E-state index contributed by atoms with van der Waals surface area (Å²) in [5, 5.41) is 11.1. The van der Waals surface area contributed by atoms with E-state index in [1.807, 2.05) is 36.4 Å². The Hall–Kier alpha value is -1.20. The van der Waals surface area contributed by atoms with Crippen molar-refractivity contribution < 1.29 is 4.92 Å². The van der Waals surface area contributed by atoms with Crippen molar-refractivity contribution in [2.24, 2.45) is 0 Å². The fourth-order valence-corrected chi connectivity index (χ4v) is 2.86. The largest absolute Gasteiger partial charge is 0.273 e. The van der Waals surface area contributed by atoms with Gasteiger partial charge in [-0.1, -0.05) is 68.3 Å². The van der Waals surface area contributed by atoms with E-state index in [4.69, 9.17) is 0 Å². The van der Waals surface area contributed by atoms with Crippen LogP contribution >= 0.6 is 31.9 Å². The molecule has 0 aromatic heterocycles. The number of nitro groups is 1. The topological polar surface area (TPSA) is 43.1 Å². The van der Waals surface area contributed by atoms with Gasteiger partial charge in [0.15, 0.2) is 0 Å². The van der Waals surface area contributed by atoms with E-state index in [9.17, 15) is 10.1 Å². The zero-order valence-electron chi connectivity index (χ0n) is 9.92. The summed E-state index contributed by atoms with van der Waals surface area (Å²) in [6.45, 7) is 0. The molecule has 0 N–H and O–H groups in total. The number of hydrogen-bond acceptors (Lipinski definition) is 2. The number of hydrogen-bond donors (Lipinski definition) is 0. The lowest BCUT2D eigenvalue weighted by Gasteiger charge is -2.10. The lowest BCUT2D eigenvalue weighted by molar-refractivity contribution is -0.385. The molecule has 1 unspecified atom stereocenters. The molecule has 0 heterocycles. The van der Waals surface area contributed by atoms with Crippen LogP contribution in [0.2, 0.25) is 0 Å². The highest BCUT2D eigenvalue weighted by atomic mass is 79.9. The zero-order chi connectivity index (χ0) is 13.8. The summed E-state index contributed by atoms with van der Waals surface area (Å²) in [7, 11) is 0. The lowest BCUT2D eigenvalue weighted by atomic mass is 10.0. The van der Waals surface area contributed by atoms with Gasteiger partial charge in [-0.2, -0.15) is 0 Å². The van der Waals surface area contributed by atoms with Gasteiger partial charge in [-0.05, 0) is 18.1 Å². The molecule has 0 spiro atoms. The monoisotopic (exact) mass is 383 g/mol.